The van der Waals surface area contributed by atoms with E-state index in [1.807, 2.05) is 67.6 Å². The summed E-state index contributed by atoms with van der Waals surface area (Å²) < 4.78 is 12.3. The molecule has 3 heteroatoms. The third kappa shape index (κ3) is 3.65. The average molecular weight is 274 g/mol. The van der Waals surface area contributed by atoms with E-state index in [2.05, 4.69) is 12.7 Å². The summed E-state index contributed by atoms with van der Waals surface area (Å²) in [6.45, 7) is 4.10. The zero-order valence-corrected chi connectivity index (χ0v) is 12.2. The van der Waals surface area contributed by atoms with Gasteiger partial charge in [-0.25, -0.2) is 0 Å². The fourth-order valence-corrected chi connectivity index (χ4v) is 3.58. The van der Waals surface area contributed by atoms with Crippen molar-refractivity contribution in [3.05, 3.63) is 60.7 Å². The molecular formula is C16H19O2P. The molecule has 19 heavy (non-hydrogen) atoms. The molecule has 0 aliphatic carbocycles. The van der Waals surface area contributed by atoms with Crippen LogP contribution in [-0.2, 0) is 0 Å². The average Bonchev–Trinajstić information content (AvgIpc) is 2.48. The maximum Gasteiger partial charge on any atom is 0.217 e. The van der Waals surface area contributed by atoms with Crippen LogP contribution in [0.2, 0.25) is 0 Å². The Morgan fingerprint density at radius 1 is 0.842 bits per heavy atom. The lowest BCUT2D eigenvalue weighted by Gasteiger charge is -2.26. The molecule has 0 N–H and O–H groups in total. The van der Waals surface area contributed by atoms with Gasteiger partial charge >= 0.3 is 0 Å². The lowest BCUT2D eigenvalue weighted by molar-refractivity contribution is 0.485. The minimum Gasteiger partial charge on any atom is -0.443 e. The standard InChI is InChI=1S/C16H19O2P/c1-3-19(4-2,17-15-11-7-5-8-12-15)18-16-13-9-6-10-14-16/h3,5-14H,4H2,1-2H3. The monoisotopic (exact) mass is 274 g/mol. The maximum atomic E-state index is 6.14. The maximum absolute atomic E-state index is 6.14. The minimum absolute atomic E-state index is 0.841. The van der Waals surface area contributed by atoms with Crippen LogP contribution in [0.15, 0.2) is 60.7 Å². The Morgan fingerprint density at radius 2 is 1.26 bits per heavy atom. The molecule has 0 heterocycles. The van der Waals surface area contributed by atoms with Crippen LogP contribution in [0.3, 0.4) is 0 Å². The summed E-state index contributed by atoms with van der Waals surface area (Å²) in [5.41, 5.74) is 0. The van der Waals surface area contributed by atoms with Crippen LogP contribution in [-0.4, -0.2) is 12.0 Å². The fraction of sp³-hybridized carbons (Fsp3) is 0.188. The Hall–Kier alpha value is -1.66. The van der Waals surface area contributed by atoms with E-state index < -0.39 is 7.34 Å². The van der Waals surface area contributed by atoms with Crippen LogP contribution in [0.4, 0.5) is 0 Å². The van der Waals surface area contributed by atoms with E-state index in [0.717, 1.165) is 17.7 Å². The molecule has 0 aliphatic rings. The van der Waals surface area contributed by atoms with Gasteiger partial charge in [0.25, 0.3) is 0 Å². The van der Waals surface area contributed by atoms with Crippen molar-refractivity contribution in [3.8, 4) is 11.5 Å². The Morgan fingerprint density at radius 3 is 1.58 bits per heavy atom. The molecule has 0 saturated heterocycles. The summed E-state index contributed by atoms with van der Waals surface area (Å²) in [6.07, 6.45) is 0.841. The highest BCUT2D eigenvalue weighted by Crippen LogP contribution is 2.48. The van der Waals surface area contributed by atoms with Crippen molar-refractivity contribution in [2.24, 2.45) is 0 Å². The van der Waals surface area contributed by atoms with E-state index in [9.17, 15) is 0 Å². The van der Waals surface area contributed by atoms with Gasteiger partial charge in [-0.1, -0.05) is 43.3 Å². The first-order chi connectivity index (χ1) is 9.28. The second kappa shape index (κ2) is 6.49. The zero-order valence-electron chi connectivity index (χ0n) is 11.3. The Labute approximate surface area is 115 Å². The van der Waals surface area contributed by atoms with Crippen LogP contribution >= 0.6 is 7.34 Å². The minimum atomic E-state index is -2.03. The summed E-state index contributed by atoms with van der Waals surface area (Å²) in [6, 6.07) is 19.7. The second-order valence-electron chi connectivity index (χ2n) is 4.11. The van der Waals surface area contributed by atoms with Gasteiger partial charge in [0.2, 0.25) is 7.34 Å². The van der Waals surface area contributed by atoms with E-state index in [4.69, 9.17) is 9.05 Å². The van der Waals surface area contributed by atoms with Crippen LogP contribution in [0.25, 0.3) is 0 Å². The van der Waals surface area contributed by atoms with Crippen molar-refractivity contribution < 1.29 is 9.05 Å². The summed E-state index contributed by atoms with van der Waals surface area (Å²) in [4.78, 5) is 0. The molecule has 0 atom stereocenters. The van der Waals surface area contributed by atoms with Crippen molar-refractivity contribution in [1.82, 2.24) is 0 Å². The van der Waals surface area contributed by atoms with Gasteiger partial charge in [-0.3, -0.25) is 0 Å². The lowest BCUT2D eigenvalue weighted by Crippen LogP contribution is -2.05. The van der Waals surface area contributed by atoms with Crippen molar-refractivity contribution in [2.45, 2.75) is 13.8 Å². The molecule has 0 aromatic heterocycles. The molecule has 2 aromatic rings. The smallest absolute Gasteiger partial charge is 0.217 e. The van der Waals surface area contributed by atoms with Gasteiger partial charge in [0.1, 0.15) is 11.5 Å². The van der Waals surface area contributed by atoms with E-state index in [-0.39, 0.29) is 0 Å². The molecule has 0 amide bonds. The van der Waals surface area contributed by atoms with Crippen molar-refractivity contribution in [1.29, 1.82) is 0 Å². The highest BCUT2D eigenvalue weighted by atomic mass is 31.2. The molecular weight excluding hydrogens is 255 g/mol. The number of hydrogen-bond acceptors (Lipinski definition) is 2. The van der Waals surface area contributed by atoms with Crippen molar-refractivity contribution in [2.75, 3.05) is 6.16 Å². The van der Waals surface area contributed by atoms with Gasteiger partial charge in [0.05, 0.1) is 0 Å². The first-order valence-electron chi connectivity index (χ1n) is 6.45. The van der Waals surface area contributed by atoms with Gasteiger partial charge in [-0.2, -0.15) is 0 Å². The Balaban J connectivity index is 2.24. The molecule has 0 aliphatic heterocycles. The fourth-order valence-electron chi connectivity index (χ4n) is 1.76. The molecule has 2 rings (SSSR count). The summed E-state index contributed by atoms with van der Waals surface area (Å²) in [5.74, 6) is 3.77. The highest BCUT2D eigenvalue weighted by molar-refractivity contribution is 7.66. The van der Waals surface area contributed by atoms with E-state index in [1.54, 1.807) is 0 Å². The molecule has 0 fully saturated rings. The zero-order chi connectivity index (χ0) is 13.6. The SMILES string of the molecule is CC=P(CC)(Oc1ccccc1)Oc1ccccc1. The van der Waals surface area contributed by atoms with Gasteiger partial charge < -0.3 is 9.05 Å². The van der Waals surface area contributed by atoms with Crippen LogP contribution in [0, 0.1) is 0 Å². The number of benzene rings is 2. The lowest BCUT2D eigenvalue weighted by atomic mass is 10.3. The first kappa shape index (κ1) is 13.8. The van der Waals surface area contributed by atoms with E-state index in [0.29, 0.717) is 0 Å². The molecule has 0 radical (unpaired) electrons. The second-order valence-corrected chi connectivity index (χ2v) is 7.08. The van der Waals surface area contributed by atoms with Crippen LogP contribution < -0.4 is 9.05 Å². The Kier molecular flexibility index (Phi) is 4.70. The number of para-hydroxylation sites is 2. The Bertz CT molecular complexity index is 504. The van der Waals surface area contributed by atoms with Crippen LogP contribution in [0.5, 0.6) is 11.5 Å². The summed E-state index contributed by atoms with van der Waals surface area (Å²) in [5, 5.41) is 0. The topological polar surface area (TPSA) is 18.5 Å². The normalized spacial score (nSPS) is 10.8. The van der Waals surface area contributed by atoms with Crippen LogP contribution in [0.1, 0.15) is 13.8 Å². The predicted octanol–water partition coefficient (Wildman–Crippen LogP) is 4.83. The van der Waals surface area contributed by atoms with Crippen molar-refractivity contribution in [3.63, 3.8) is 0 Å². The molecule has 0 spiro atoms. The molecule has 0 unspecified atom stereocenters. The third-order valence-electron chi connectivity index (χ3n) is 2.84. The third-order valence-corrected chi connectivity index (χ3v) is 5.55. The molecule has 2 nitrogen and oxygen atoms in total. The van der Waals surface area contributed by atoms with Crippen molar-refractivity contribution >= 4 is 13.1 Å². The molecule has 100 valence electrons. The predicted molar refractivity (Wildman–Crippen MR) is 83.3 cm³/mol. The highest BCUT2D eigenvalue weighted by Gasteiger charge is 2.18. The number of rotatable bonds is 5. The summed E-state index contributed by atoms with van der Waals surface area (Å²) in [7, 11) is -2.03. The molecule has 0 saturated carbocycles. The number of hydrogen-bond donors (Lipinski definition) is 0. The van der Waals surface area contributed by atoms with Gasteiger partial charge in [0.15, 0.2) is 0 Å². The summed E-state index contributed by atoms with van der Waals surface area (Å²) >= 11 is 0. The van der Waals surface area contributed by atoms with Gasteiger partial charge in [-0.15, -0.1) is 0 Å². The van der Waals surface area contributed by atoms with Gasteiger partial charge in [0, 0.05) is 6.16 Å². The largest absolute Gasteiger partial charge is 0.443 e. The first-order valence-corrected chi connectivity index (χ1v) is 8.33. The quantitative estimate of drug-likeness (QED) is 0.727. The van der Waals surface area contributed by atoms with Gasteiger partial charge in [-0.05, 0) is 37.0 Å². The molecule has 2 aromatic carbocycles. The van der Waals surface area contributed by atoms with E-state index >= 15 is 0 Å². The van der Waals surface area contributed by atoms with E-state index in [1.165, 1.54) is 0 Å². The molecule has 0 bridgehead atoms.